The lowest BCUT2D eigenvalue weighted by Crippen LogP contribution is -2.45. The number of carbonyl (C=O) groups excluding carboxylic acids is 2. The molecule has 7 nitrogen and oxygen atoms in total. The second-order valence-corrected chi connectivity index (χ2v) is 8.77. The molecule has 0 spiro atoms. The largest absolute Gasteiger partial charge is 0.391 e. The molecule has 0 saturated heterocycles. The van der Waals surface area contributed by atoms with Gasteiger partial charge in [-0.2, -0.15) is 0 Å². The number of aromatic nitrogens is 1. The minimum Gasteiger partial charge on any atom is -0.391 e. The van der Waals surface area contributed by atoms with E-state index >= 15 is 0 Å². The minimum atomic E-state index is -0.503. The maximum Gasteiger partial charge on any atom is 0.267 e. The highest BCUT2D eigenvalue weighted by atomic mass is 32.1. The first-order valence-corrected chi connectivity index (χ1v) is 10.8. The summed E-state index contributed by atoms with van der Waals surface area (Å²) in [5.41, 5.74) is 1.89. The Morgan fingerprint density at radius 1 is 1.21 bits per heavy atom. The van der Waals surface area contributed by atoms with Gasteiger partial charge in [-0.25, -0.2) is 4.98 Å². The van der Waals surface area contributed by atoms with Crippen LogP contribution in [-0.2, 0) is 0 Å². The van der Waals surface area contributed by atoms with Crippen molar-refractivity contribution in [1.82, 2.24) is 10.3 Å². The third kappa shape index (κ3) is 5.55. The first-order valence-electron chi connectivity index (χ1n) is 9.97. The first kappa shape index (κ1) is 21.3. The van der Waals surface area contributed by atoms with E-state index in [1.165, 1.54) is 11.3 Å². The number of thiazole rings is 1. The number of aryl methyl sites for hydroxylation is 1. The highest BCUT2D eigenvalue weighted by molar-refractivity contribution is 7.17. The number of amides is 2. The zero-order valence-electron chi connectivity index (χ0n) is 17.0. The number of anilines is 2. The second kappa shape index (κ2) is 9.37. The highest BCUT2D eigenvalue weighted by Gasteiger charge is 2.25. The number of benzene rings is 1. The van der Waals surface area contributed by atoms with Crippen molar-refractivity contribution in [3.63, 3.8) is 0 Å². The van der Waals surface area contributed by atoms with E-state index in [1.807, 2.05) is 20.8 Å². The molecule has 4 N–H and O–H groups in total. The van der Waals surface area contributed by atoms with Crippen LogP contribution in [0.4, 0.5) is 10.8 Å². The molecule has 2 amide bonds. The molecule has 3 rings (SSSR count). The summed E-state index contributed by atoms with van der Waals surface area (Å²) in [6.07, 6.45) is 4.52. The molecule has 1 heterocycles. The maximum absolute atomic E-state index is 12.6. The number of hydrogen-bond acceptors (Lipinski definition) is 6. The molecule has 8 heteroatoms. The number of hydrogen-bond donors (Lipinski definition) is 4. The third-order valence-electron chi connectivity index (χ3n) is 4.94. The van der Waals surface area contributed by atoms with Crippen molar-refractivity contribution in [2.24, 2.45) is 0 Å². The van der Waals surface area contributed by atoms with Gasteiger partial charge in [0.25, 0.3) is 11.8 Å². The summed E-state index contributed by atoms with van der Waals surface area (Å²) in [6, 6.07) is 5.22. The minimum absolute atomic E-state index is 0.223. The number of nitrogens with zero attached hydrogens (tertiary/aromatic N) is 1. The Balaban J connectivity index is 1.69. The molecule has 2 aromatic rings. The molecule has 1 aliphatic rings. The molecule has 1 aliphatic carbocycles. The molecule has 156 valence electrons. The Kier molecular flexibility index (Phi) is 6.87. The molecular weight excluding hydrogens is 388 g/mol. The molecule has 1 saturated carbocycles. The van der Waals surface area contributed by atoms with Crippen molar-refractivity contribution in [3.05, 3.63) is 40.4 Å². The fourth-order valence-corrected chi connectivity index (χ4v) is 4.16. The lowest BCUT2D eigenvalue weighted by molar-refractivity contribution is 0.0717. The van der Waals surface area contributed by atoms with Crippen LogP contribution in [0, 0.1) is 6.92 Å². The van der Waals surface area contributed by atoms with Crippen molar-refractivity contribution in [2.75, 3.05) is 10.6 Å². The Morgan fingerprint density at radius 2 is 1.97 bits per heavy atom. The topological polar surface area (TPSA) is 103 Å². The van der Waals surface area contributed by atoms with Gasteiger partial charge in [-0.1, -0.05) is 30.2 Å². The summed E-state index contributed by atoms with van der Waals surface area (Å²) in [5, 5.41) is 19.7. The van der Waals surface area contributed by atoms with E-state index in [4.69, 9.17) is 0 Å². The Hall–Kier alpha value is -2.45. The van der Waals surface area contributed by atoms with E-state index in [-0.39, 0.29) is 23.9 Å². The lowest BCUT2D eigenvalue weighted by Gasteiger charge is -2.28. The number of aliphatic hydroxyl groups excluding tert-OH is 1. The van der Waals surface area contributed by atoms with Gasteiger partial charge in [0.2, 0.25) is 0 Å². The van der Waals surface area contributed by atoms with Crippen LogP contribution >= 0.6 is 11.3 Å². The van der Waals surface area contributed by atoms with Crippen LogP contribution in [0.15, 0.2) is 24.4 Å². The predicted octanol–water partition coefficient (Wildman–Crippen LogP) is 3.56. The number of rotatable bonds is 6. The quantitative estimate of drug-likeness (QED) is 0.577. The van der Waals surface area contributed by atoms with Gasteiger partial charge in [-0.05, 0) is 51.3 Å². The molecular formula is C21H28N4O3S. The molecule has 0 aliphatic heterocycles. The molecule has 2 atom stereocenters. The standard InChI is InChI=1S/C21H28N4O3S/c1-12(2)23-21-22-11-18(29-21)20(28)25-16-10-14(9-8-13(16)3)19(27)24-15-6-4-5-7-17(15)26/h8-12,15,17,26H,4-7H2,1-3H3,(H,22,23)(H,24,27)(H,25,28)/t15-,17-/m0/s1. The van der Waals surface area contributed by atoms with Gasteiger partial charge in [0.15, 0.2) is 5.13 Å². The summed E-state index contributed by atoms with van der Waals surface area (Å²) in [7, 11) is 0. The van der Waals surface area contributed by atoms with E-state index in [0.717, 1.165) is 24.8 Å². The van der Waals surface area contributed by atoms with Crippen LogP contribution in [-0.4, -0.2) is 40.1 Å². The van der Waals surface area contributed by atoms with Gasteiger partial charge in [-0.15, -0.1) is 0 Å². The lowest BCUT2D eigenvalue weighted by atomic mass is 9.92. The van der Waals surface area contributed by atoms with Crippen LogP contribution in [0.5, 0.6) is 0 Å². The first-order chi connectivity index (χ1) is 13.8. The third-order valence-corrected chi connectivity index (χ3v) is 5.86. The van der Waals surface area contributed by atoms with Gasteiger partial charge >= 0.3 is 0 Å². The van der Waals surface area contributed by atoms with Gasteiger partial charge in [0, 0.05) is 17.3 Å². The maximum atomic E-state index is 12.6. The summed E-state index contributed by atoms with van der Waals surface area (Å²) in [5.74, 6) is -0.504. The van der Waals surface area contributed by atoms with Crippen molar-refractivity contribution in [3.8, 4) is 0 Å². The molecule has 1 aromatic heterocycles. The van der Waals surface area contributed by atoms with Crippen LogP contribution in [0.25, 0.3) is 0 Å². The molecule has 1 fully saturated rings. The van der Waals surface area contributed by atoms with Gasteiger partial charge < -0.3 is 21.1 Å². The van der Waals surface area contributed by atoms with Gasteiger partial charge in [0.05, 0.1) is 18.3 Å². The van der Waals surface area contributed by atoms with Crippen molar-refractivity contribution < 1.29 is 14.7 Å². The summed E-state index contributed by atoms with van der Waals surface area (Å²) in [6.45, 7) is 5.89. The highest BCUT2D eigenvalue weighted by Crippen LogP contribution is 2.23. The van der Waals surface area contributed by atoms with Gasteiger partial charge in [0.1, 0.15) is 4.88 Å². The molecule has 0 unspecified atom stereocenters. The fraction of sp³-hybridized carbons (Fsp3) is 0.476. The van der Waals surface area contributed by atoms with E-state index in [0.29, 0.717) is 27.7 Å². The normalized spacial score (nSPS) is 19.1. The SMILES string of the molecule is Cc1ccc(C(=O)N[C@H]2CCCC[C@@H]2O)cc1NC(=O)c1cnc(NC(C)C)s1. The molecule has 0 bridgehead atoms. The molecule has 1 aromatic carbocycles. The number of aliphatic hydroxyl groups is 1. The smallest absolute Gasteiger partial charge is 0.267 e. The Bertz CT molecular complexity index is 881. The summed E-state index contributed by atoms with van der Waals surface area (Å²) in [4.78, 5) is 29.9. The fourth-order valence-electron chi connectivity index (χ4n) is 3.31. The number of carbonyl (C=O) groups is 2. The Morgan fingerprint density at radius 3 is 2.69 bits per heavy atom. The van der Waals surface area contributed by atoms with Crippen molar-refractivity contribution in [2.45, 2.75) is 64.6 Å². The average Bonchev–Trinajstić information content (AvgIpc) is 3.13. The van der Waals surface area contributed by atoms with E-state index < -0.39 is 6.10 Å². The molecule has 0 radical (unpaired) electrons. The monoisotopic (exact) mass is 416 g/mol. The van der Waals surface area contributed by atoms with Gasteiger partial charge in [-0.3, -0.25) is 9.59 Å². The number of nitrogens with one attached hydrogen (secondary N) is 3. The average molecular weight is 417 g/mol. The van der Waals surface area contributed by atoms with Crippen LogP contribution in [0.1, 0.15) is 65.1 Å². The zero-order chi connectivity index (χ0) is 21.0. The van der Waals surface area contributed by atoms with E-state index in [1.54, 1.807) is 24.4 Å². The van der Waals surface area contributed by atoms with Crippen molar-refractivity contribution in [1.29, 1.82) is 0 Å². The van der Waals surface area contributed by atoms with E-state index in [9.17, 15) is 14.7 Å². The Labute approximate surface area is 174 Å². The molecule has 29 heavy (non-hydrogen) atoms. The van der Waals surface area contributed by atoms with Crippen molar-refractivity contribution >= 4 is 34.0 Å². The van der Waals surface area contributed by atoms with Crippen LogP contribution in [0.2, 0.25) is 0 Å². The second-order valence-electron chi connectivity index (χ2n) is 7.74. The summed E-state index contributed by atoms with van der Waals surface area (Å²) < 4.78 is 0. The van der Waals surface area contributed by atoms with E-state index in [2.05, 4.69) is 20.9 Å². The summed E-state index contributed by atoms with van der Waals surface area (Å²) >= 11 is 1.29. The predicted molar refractivity (Wildman–Crippen MR) is 116 cm³/mol. The zero-order valence-corrected chi connectivity index (χ0v) is 17.8. The van der Waals surface area contributed by atoms with Crippen LogP contribution < -0.4 is 16.0 Å². The van der Waals surface area contributed by atoms with Crippen LogP contribution in [0.3, 0.4) is 0 Å².